The van der Waals surface area contributed by atoms with Crippen molar-refractivity contribution in [2.24, 2.45) is 0 Å². The van der Waals surface area contributed by atoms with Crippen molar-refractivity contribution in [3.05, 3.63) is 59.7 Å². The molecule has 1 unspecified atom stereocenters. The Kier molecular flexibility index (Phi) is 3.38. The van der Waals surface area contributed by atoms with Gasteiger partial charge in [-0.1, -0.05) is 24.3 Å². The van der Waals surface area contributed by atoms with Gasteiger partial charge in [-0.2, -0.15) is 0 Å². The standard InChI is InChI=1S/C16H17NO2/c1-18-13-6-8-14(9-7-13)19-11-16-15-5-3-2-4-12(15)10-17-16/h2-9,16-17H,10-11H2,1H3. The fourth-order valence-electron chi connectivity index (χ4n) is 2.38. The van der Waals surface area contributed by atoms with E-state index in [4.69, 9.17) is 9.47 Å². The summed E-state index contributed by atoms with van der Waals surface area (Å²) >= 11 is 0. The zero-order chi connectivity index (χ0) is 13.1. The van der Waals surface area contributed by atoms with Gasteiger partial charge in [-0.3, -0.25) is 0 Å². The Bertz CT molecular complexity index is 551. The van der Waals surface area contributed by atoms with Gasteiger partial charge in [0.1, 0.15) is 18.1 Å². The largest absolute Gasteiger partial charge is 0.497 e. The van der Waals surface area contributed by atoms with E-state index in [1.54, 1.807) is 7.11 Å². The van der Waals surface area contributed by atoms with Crippen molar-refractivity contribution in [2.75, 3.05) is 13.7 Å². The molecule has 0 fully saturated rings. The summed E-state index contributed by atoms with van der Waals surface area (Å²) in [5.74, 6) is 1.71. The van der Waals surface area contributed by atoms with Crippen molar-refractivity contribution in [1.82, 2.24) is 5.32 Å². The molecule has 1 aliphatic heterocycles. The second kappa shape index (κ2) is 5.33. The van der Waals surface area contributed by atoms with Crippen molar-refractivity contribution in [1.29, 1.82) is 0 Å². The first kappa shape index (κ1) is 12.1. The van der Waals surface area contributed by atoms with Crippen molar-refractivity contribution in [3.8, 4) is 11.5 Å². The SMILES string of the molecule is COc1ccc(OCC2NCc3ccccc32)cc1. The number of nitrogens with one attached hydrogen (secondary N) is 1. The van der Waals surface area contributed by atoms with Crippen LogP contribution in [0.15, 0.2) is 48.5 Å². The van der Waals surface area contributed by atoms with E-state index in [0.29, 0.717) is 6.61 Å². The van der Waals surface area contributed by atoms with Gasteiger partial charge in [0, 0.05) is 6.54 Å². The molecular formula is C16H17NO2. The fraction of sp³-hybridized carbons (Fsp3) is 0.250. The van der Waals surface area contributed by atoms with Crippen LogP contribution in [0.25, 0.3) is 0 Å². The van der Waals surface area contributed by atoms with E-state index in [0.717, 1.165) is 18.0 Å². The van der Waals surface area contributed by atoms with Gasteiger partial charge < -0.3 is 14.8 Å². The summed E-state index contributed by atoms with van der Waals surface area (Å²) in [5, 5.41) is 3.47. The summed E-state index contributed by atoms with van der Waals surface area (Å²) in [6.45, 7) is 1.57. The summed E-state index contributed by atoms with van der Waals surface area (Å²) in [6, 6.07) is 16.4. The third-order valence-corrected chi connectivity index (χ3v) is 3.45. The lowest BCUT2D eigenvalue weighted by atomic mass is 10.1. The normalized spacial score (nSPS) is 17.0. The number of benzene rings is 2. The Balaban J connectivity index is 1.64. The van der Waals surface area contributed by atoms with Gasteiger partial charge in [-0.05, 0) is 35.4 Å². The molecule has 0 amide bonds. The summed E-state index contributed by atoms with van der Waals surface area (Å²) in [5.41, 5.74) is 2.71. The monoisotopic (exact) mass is 255 g/mol. The molecule has 0 aliphatic carbocycles. The topological polar surface area (TPSA) is 30.5 Å². The Labute approximate surface area is 113 Å². The number of fused-ring (bicyclic) bond motifs is 1. The smallest absolute Gasteiger partial charge is 0.119 e. The highest BCUT2D eigenvalue weighted by atomic mass is 16.5. The Morgan fingerprint density at radius 2 is 1.79 bits per heavy atom. The third-order valence-electron chi connectivity index (χ3n) is 3.45. The van der Waals surface area contributed by atoms with Crippen LogP contribution >= 0.6 is 0 Å². The van der Waals surface area contributed by atoms with E-state index < -0.39 is 0 Å². The van der Waals surface area contributed by atoms with Crippen LogP contribution in [0.2, 0.25) is 0 Å². The number of rotatable bonds is 4. The average molecular weight is 255 g/mol. The van der Waals surface area contributed by atoms with Crippen LogP contribution in [-0.2, 0) is 6.54 Å². The van der Waals surface area contributed by atoms with Gasteiger partial charge in [-0.15, -0.1) is 0 Å². The molecule has 1 N–H and O–H groups in total. The molecule has 0 radical (unpaired) electrons. The second-order valence-corrected chi connectivity index (χ2v) is 4.62. The van der Waals surface area contributed by atoms with E-state index in [1.807, 2.05) is 24.3 Å². The van der Waals surface area contributed by atoms with Gasteiger partial charge in [0.05, 0.1) is 13.2 Å². The van der Waals surface area contributed by atoms with Crippen molar-refractivity contribution in [2.45, 2.75) is 12.6 Å². The molecule has 3 rings (SSSR count). The molecule has 1 aliphatic rings. The maximum absolute atomic E-state index is 5.83. The molecule has 1 heterocycles. The molecule has 0 aromatic heterocycles. The first-order valence-electron chi connectivity index (χ1n) is 6.45. The zero-order valence-corrected chi connectivity index (χ0v) is 10.9. The molecule has 3 heteroatoms. The number of methoxy groups -OCH3 is 1. The summed E-state index contributed by atoms with van der Waals surface area (Å²) in [7, 11) is 1.66. The molecule has 98 valence electrons. The van der Waals surface area contributed by atoms with Crippen LogP contribution in [0, 0.1) is 0 Å². The quantitative estimate of drug-likeness (QED) is 0.911. The number of hydrogen-bond donors (Lipinski definition) is 1. The van der Waals surface area contributed by atoms with Gasteiger partial charge in [0.25, 0.3) is 0 Å². The van der Waals surface area contributed by atoms with Crippen molar-refractivity contribution < 1.29 is 9.47 Å². The number of hydrogen-bond acceptors (Lipinski definition) is 3. The van der Waals surface area contributed by atoms with Gasteiger partial charge in [0.2, 0.25) is 0 Å². The Morgan fingerprint density at radius 3 is 2.58 bits per heavy atom. The second-order valence-electron chi connectivity index (χ2n) is 4.62. The zero-order valence-electron chi connectivity index (χ0n) is 10.9. The first-order chi connectivity index (χ1) is 9.36. The predicted molar refractivity (Wildman–Crippen MR) is 74.5 cm³/mol. The molecule has 19 heavy (non-hydrogen) atoms. The molecule has 0 spiro atoms. The Hall–Kier alpha value is -2.00. The van der Waals surface area contributed by atoms with Crippen molar-refractivity contribution in [3.63, 3.8) is 0 Å². The highest BCUT2D eigenvalue weighted by molar-refractivity contribution is 5.34. The highest BCUT2D eigenvalue weighted by Gasteiger charge is 2.21. The minimum Gasteiger partial charge on any atom is -0.497 e. The van der Waals surface area contributed by atoms with Crippen LogP contribution in [0.1, 0.15) is 17.2 Å². The highest BCUT2D eigenvalue weighted by Crippen LogP contribution is 2.26. The number of ether oxygens (including phenoxy) is 2. The van der Waals surface area contributed by atoms with E-state index >= 15 is 0 Å². The van der Waals surface area contributed by atoms with Gasteiger partial charge >= 0.3 is 0 Å². The molecule has 0 bridgehead atoms. The lowest BCUT2D eigenvalue weighted by Gasteiger charge is -2.14. The summed E-state index contributed by atoms with van der Waals surface area (Å²) in [4.78, 5) is 0. The van der Waals surface area contributed by atoms with E-state index in [1.165, 1.54) is 11.1 Å². The van der Waals surface area contributed by atoms with Crippen LogP contribution in [0.4, 0.5) is 0 Å². The van der Waals surface area contributed by atoms with Crippen LogP contribution in [0.3, 0.4) is 0 Å². The molecule has 0 saturated carbocycles. The van der Waals surface area contributed by atoms with Crippen LogP contribution < -0.4 is 14.8 Å². The fourth-order valence-corrected chi connectivity index (χ4v) is 2.38. The predicted octanol–water partition coefficient (Wildman–Crippen LogP) is 2.92. The van der Waals surface area contributed by atoms with Gasteiger partial charge in [0.15, 0.2) is 0 Å². The average Bonchev–Trinajstić information content (AvgIpc) is 2.89. The molecular weight excluding hydrogens is 238 g/mol. The lowest BCUT2D eigenvalue weighted by Crippen LogP contribution is -2.19. The maximum Gasteiger partial charge on any atom is 0.119 e. The van der Waals surface area contributed by atoms with Crippen molar-refractivity contribution >= 4 is 0 Å². The molecule has 2 aromatic carbocycles. The maximum atomic E-state index is 5.83. The summed E-state index contributed by atoms with van der Waals surface area (Å²) < 4.78 is 11.0. The van der Waals surface area contributed by atoms with E-state index in [2.05, 4.69) is 29.6 Å². The molecule has 2 aromatic rings. The Morgan fingerprint density at radius 1 is 1.05 bits per heavy atom. The first-order valence-corrected chi connectivity index (χ1v) is 6.45. The minimum atomic E-state index is 0.276. The third kappa shape index (κ3) is 2.56. The lowest BCUT2D eigenvalue weighted by molar-refractivity contribution is 0.273. The molecule has 0 saturated heterocycles. The van der Waals surface area contributed by atoms with E-state index in [-0.39, 0.29) is 6.04 Å². The summed E-state index contributed by atoms with van der Waals surface area (Å²) in [6.07, 6.45) is 0. The molecule has 1 atom stereocenters. The van der Waals surface area contributed by atoms with Crippen LogP contribution in [-0.4, -0.2) is 13.7 Å². The van der Waals surface area contributed by atoms with Crippen LogP contribution in [0.5, 0.6) is 11.5 Å². The molecule has 3 nitrogen and oxygen atoms in total. The van der Waals surface area contributed by atoms with Gasteiger partial charge in [-0.25, -0.2) is 0 Å². The minimum absolute atomic E-state index is 0.276. The van der Waals surface area contributed by atoms with E-state index in [9.17, 15) is 0 Å².